The molecule has 2 atom stereocenters. The molecule has 1 rings (SSSR count). The van der Waals surface area contributed by atoms with Gasteiger partial charge in [-0.1, -0.05) is 60.8 Å². The summed E-state index contributed by atoms with van der Waals surface area (Å²) < 4.78 is 23.0. The van der Waals surface area contributed by atoms with Crippen LogP contribution in [-0.2, 0) is 11.3 Å². The zero-order chi connectivity index (χ0) is 23.2. The van der Waals surface area contributed by atoms with Crippen molar-refractivity contribution in [2.75, 3.05) is 20.1 Å². The molecule has 2 unspecified atom stereocenters. The van der Waals surface area contributed by atoms with Gasteiger partial charge in [-0.15, -0.1) is 6.42 Å². The third-order valence-corrected chi connectivity index (χ3v) is 5.33. The van der Waals surface area contributed by atoms with Gasteiger partial charge in [-0.2, -0.15) is 0 Å². The van der Waals surface area contributed by atoms with E-state index in [2.05, 4.69) is 45.7 Å². The zero-order valence-electron chi connectivity index (χ0n) is 18.9. The average Bonchev–Trinajstić information content (AvgIpc) is 2.78. The van der Waals surface area contributed by atoms with Crippen molar-refractivity contribution >= 4 is 27.9 Å². The molecule has 0 aromatic heterocycles. The summed E-state index contributed by atoms with van der Waals surface area (Å²) in [6.45, 7) is 7.18. The van der Waals surface area contributed by atoms with Crippen molar-refractivity contribution in [2.24, 2.45) is 27.6 Å². The number of halogens is 2. The van der Waals surface area contributed by atoms with Crippen molar-refractivity contribution in [3.05, 3.63) is 57.5 Å². The van der Waals surface area contributed by atoms with E-state index >= 15 is 4.39 Å². The number of aliphatic imine (C=N–C) groups is 2. The second-order valence-corrected chi connectivity index (χ2v) is 7.96. The van der Waals surface area contributed by atoms with Gasteiger partial charge in [-0.3, -0.25) is 9.98 Å². The molecule has 0 heterocycles. The molecule has 4 nitrogen and oxygen atoms in total. The fourth-order valence-electron chi connectivity index (χ4n) is 2.90. The fraction of sp³-hybridized carbons (Fsp3) is 0.440. The Hall–Kier alpha value is -2.23. The largest absolute Gasteiger partial charge is 0.486 e. The third kappa shape index (κ3) is 8.43. The molecule has 0 saturated heterocycles. The van der Waals surface area contributed by atoms with Crippen LogP contribution in [0, 0.1) is 24.2 Å². The monoisotopic (exact) mass is 489 g/mol. The normalized spacial score (nSPS) is 15.4. The van der Waals surface area contributed by atoms with Gasteiger partial charge in [0.05, 0.1) is 12.3 Å². The minimum Gasteiger partial charge on any atom is -0.486 e. The lowest BCUT2D eigenvalue weighted by molar-refractivity contribution is 0.189. The summed E-state index contributed by atoms with van der Waals surface area (Å²) in [7, 11) is 1.57. The van der Waals surface area contributed by atoms with E-state index in [-0.39, 0.29) is 18.3 Å². The predicted molar refractivity (Wildman–Crippen MR) is 133 cm³/mol. The first-order chi connectivity index (χ1) is 14.9. The van der Waals surface area contributed by atoms with E-state index in [1.54, 1.807) is 7.05 Å². The van der Waals surface area contributed by atoms with Crippen LogP contribution in [0.25, 0.3) is 0 Å². The molecule has 0 bridgehead atoms. The maximum Gasteiger partial charge on any atom is 0.163 e. The van der Waals surface area contributed by atoms with Crippen molar-refractivity contribution < 1.29 is 9.13 Å². The number of terminal acetylenes is 1. The van der Waals surface area contributed by atoms with E-state index in [1.165, 1.54) is 6.21 Å². The number of ether oxygens (including phenoxy) is 1. The lowest BCUT2D eigenvalue weighted by Gasteiger charge is -2.22. The van der Waals surface area contributed by atoms with Crippen LogP contribution < -0.4 is 5.73 Å². The van der Waals surface area contributed by atoms with Crippen molar-refractivity contribution in [1.29, 1.82) is 0 Å². The van der Waals surface area contributed by atoms with Crippen LogP contribution in [0.5, 0.6) is 0 Å². The van der Waals surface area contributed by atoms with Gasteiger partial charge in [0, 0.05) is 24.3 Å². The topological polar surface area (TPSA) is 60.0 Å². The van der Waals surface area contributed by atoms with E-state index in [1.807, 2.05) is 37.3 Å². The SMILES string of the molecule is C#CC(C(/C=N\CCN)=N/C)/C(F)=C(OCc1ccc(Br)cc1)\C(=C/CC)C(C)CC. The Labute approximate surface area is 194 Å². The molecular weight excluding hydrogens is 457 g/mol. The number of rotatable bonds is 12. The predicted octanol–water partition coefficient (Wildman–Crippen LogP) is 5.88. The van der Waals surface area contributed by atoms with E-state index in [0.717, 1.165) is 28.5 Å². The molecule has 0 fully saturated rings. The van der Waals surface area contributed by atoms with Crippen molar-refractivity contribution in [2.45, 2.75) is 40.2 Å². The van der Waals surface area contributed by atoms with Gasteiger partial charge in [0.1, 0.15) is 12.5 Å². The summed E-state index contributed by atoms with van der Waals surface area (Å²) in [4.78, 5) is 8.34. The molecule has 0 aliphatic rings. The Morgan fingerprint density at radius 2 is 2.00 bits per heavy atom. The zero-order valence-corrected chi connectivity index (χ0v) is 20.5. The molecule has 0 saturated carbocycles. The minimum atomic E-state index is -0.990. The van der Waals surface area contributed by atoms with Gasteiger partial charge >= 0.3 is 0 Å². The third-order valence-electron chi connectivity index (χ3n) is 4.80. The van der Waals surface area contributed by atoms with Gasteiger partial charge in [-0.05, 0) is 42.0 Å². The molecule has 0 amide bonds. The number of nitrogens with two attached hydrogens (primary N) is 1. The average molecular weight is 490 g/mol. The Morgan fingerprint density at radius 1 is 1.32 bits per heavy atom. The molecule has 2 N–H and O–H groups in total. The Kier molecular flexibility index (Phi) is 12.7. The highest BCUT2D eigenvalue weighted by Gasteiger charge is 2.26. The molecule has 0 aliphatic carbocycles. The number of hydrogen-bond acceptors (Lipinski definition) is 4. The lowest BCUT2D eigenvalue weighted by Crippen LogP contribution is -2.19. The van der Waals surface area contributed by atoms with Crippen LogP contribution >= 0.6 is 15.9 Å². The summed E-state index contributed by atoms with van der Waals surface area (Å²) in [6, 6.07) is 7.72. The van der Waals surface area contributed by atoms with Crippen LogP contribution in [-0.4, -0.2) is 32.1 Å². The van der Waals surface area contributed by atoms with Crippen LogP contribution in [0.3, 0.4) is 0 Å². The number of benzene rings is 1. The van der Waals surface area contributed by atoms with Crippen molar-refractivity contribution in [1.82, 2.24) is 0 Å². The van der Waals surface area contributed by atoms with Crippen LogP contribution in [0.15, 0.2) is 62.0 Å². The van der Waals surface area contributed by atoms with Crippen LogP contribution in [0.1, 0.15) is 39.2 Å². The number of hydrogen-bond donors (Lipinski definition) is 1. The number of allylic oxidation sites excluding steroid dienone is 3. The summed E-state index contributed by atoms with van der Waals surface area (Å²) >= 11 is 3.42. The molecule has 31 heavy (non-hydrogen) atoms. The maximum atomic E-state index is 15.9. The Bertz CT molecular complexity index is 851. The molecule has 1 aromatic rings. The second-order valence-electron chi connectivity index (χ2n) is 7.04. The number of nitrogens with zero attached hydrogens (tertiary/aromatic N) is 2. The summed E-state index contributed by atoms with van der Waals surface area (Å²) in [6.07, 6.45) is 10.8. The second kappa shape index (κ2) is 14.7. The molecule has 168 valence electrons. The van der Waals surface area contributed by atoms with Crippen LogP contribution in [0.4, 0.5) is 4.39 Å². The molecule has 1 aromatic carbocycles. The fourth-order valence-corrected chi connectivity index (χ4v) is 3.16. The van der Waals surface area contributed by atoms with Crippen molar-refractivity contribution in [3.63, 3.8) is 0 Å². The van der Waals surface area contributed by atoms with Crippen molar-refractivity contribution in [3.8, 4) is 12.3 Å². The van der Waals surface area contributed by atoms with E-state index in [0.29, 0.717) is 18.8 Å². The standard InChI is InChI=1S/C25H33BrFN3O/c1-6-9-22(18(4)7-2)25(31-17-19-10-12-20(26)13-11-19)24(27)21(8-3)23(29-5)16-30-15-14-28/h3,9-13,16,18,21H,6-7,14-15,17,28H2,1-2,4-5H3/b22-9-,25-24-,29-23+,30-16-. The first kappa shape index (κ1) is 26.8. The van der Waals surface area contributed by atoms with E-state index in [9.17, 15) is 0 Å². The molecule has 0 aliphatic heterocycles. The van der Waals surface area contributed by atoms with E-state index in [4.69, 9.17) is 16.9 Å². The van der Waals surface area contributed by atoms with E-state index < -0.39 is 11.7 Å². The quantitative estimate of drug-likeness (QED) is 0.172. The van der Waals surface area contributed by atoms with Gasteiger partial charge in [0.25, 0.3) is 0 Å². The smallest absolute Gasteiger partial charge is 0.163 e. The summed E-state index contributed by atoms with van der Waals surface area (Å²) in [5.41, 5.74) is 7.59. The highest BCUT2D eigenvalue weighted by atomic mass is 79.9. The Morgan fingerprint density at radius 3 is 2.52 bits per heavy atom. The van der Waals surface area contributed by atoms with Crippen LogP contribution in [0.2, 0.25) is 0 Å². The molecule has 0 spiro atoms. The summed E-state index contributed by atoms with van der Waals surface area (Å²) in [5, 5.41) is 0. The molecule has 6 heteroatoms. The van der Waals surface area contributed by atoms with Gasteiger partial charge in [0.15, 0.2) is 11.6 Å². The molecular formula is C25H33BrFN3O. The first-order valence-corrected chi connectivity index (χ1v) is 11.3. The highest BCUT2D eigenvalue weighted by molar-refractivity contribution is 9.10. The van der Waals surface area contributed by atoms with Gasteiger partial charge in [-0.25, -0.2) is 4.39 Å². The lowest BCUT2D eigenvalue weighted by atomic mass is 9.92. The minimum absolute atomic E-state index is 0.108. The maximum absolute atomic E-state index is 15.9. The highest BCUT2D eigenvalue weighted by Crippen LogP contribution is 2.31. The first-order valence-electron chi connectivity index (χ1n) is 10.5. The van der Waals surface area contributed by atoms with Gasteiger partial charge in [0.2, 0.25) is 0 Å². The van der Waals surface area contributed by atoms with Gasteiger partial charge < -0.3 is 10.5 Å². The molecule has 0 radical (unpaired) electrons. The Balaban J connectivity index is 3.44. The summed E-state index contributed by atoms with van der Waals surface area (Å²) in [5.74, 6) is 1.30.